The molecule has 1 atom stereocenters. The zero-order valence-corrected chi connectivity index (χ0v) is 15.3. The second-order valence-corrected chi connectivity index (χ2v) is 7.26. The molecule has 1 aliphatic heterocycles. The third-order valence-corrected chi connectivity index (χ3v) is 5.62. The Morgan fingerprint density at radius 1 is 1.24 bits per heavy atom. The number of nitrogens with one attached hydrogen (secondary N) is 2. The van der Waals surface area contributed by atoms with Crippen LogP contribution in [-0.4, -0.2) is 25.5 Å². The van der Waals surface area contributed by atoms with Crippen LogP contribution in [-0.2, 0) is 10.2 Å². The summed E-state index contributed by atoms with van der Waals surface area (Å²) < 4.78 is 28.5. The number of benzene rings is 1. The topological polar surface area (TPSA) is 41.1 Å². The van der Waals surface area contributed by atoms with Crippen LogP contribution in [0.1, 0.15) is 50.5 Å². The van der Waals surface area contributed by atoms with E-state index in [0.29, 0.717) is 18.9 Å². The highest BCUT2D eigenvalue weighted by Gasteiger charge is 2.40. The van der Waals surface area contributed by atoms with Crippen molar-refractivity contribution in [2.45, 2.75) is 50.4 Å². The van der Waals surface area contributed by atoms with E-state index in [-0.39, 0.29) is 23.9 Å². The average molecular weight is 373 g/mol. The Morgan fingerprint density at radius 2 is 1.92 bits per heavy atom. The minimum absolute atomic E-state index is 0. The van der Waals surface area contributed by atoms with E-state index in [0.717, 1.165) is 51.6 Å². The van der Waals surface area contributed by atoms with Crippen molar-refractivity contribution in [1.82, 2.24) is 10.6 Å². The number of rotatable bonds is 6. The molecule has 0 spiro atoms. The number of halogens is 3. The van der Waals surface area contributed by atoms with Gasteiger partial charge in [-0.3, -0.25) is 4.79 Å². The van der Waals surface area contributed by atoms with Gasteiger partial charge in [-0.1, -0.05) is 18.9 Å². The lowest BCUT2D eigenvalue weighted by atomic mass is 9.78. The molecule has 2 aliphatic rings. The first kappa shape index (κ1) is 20.1. The van der Waals surface area contributed by atoms with Crippen molar-refractivity contribution >= 4 is 18.3 Å². The van der Waals surface area contributed by atoms with Crippen LogP contribution in [0.15, 0.2) is 18.2 Å². The molecule has 2 N–H and O–H groups in total. The van der Waals surface area contributed by atoms with Gasteiger partial charge in [-0.05, 0) is 56.8 Å². The highest BCUT2D eigenvalue weighted by molar-refractivity contribution is 5.85. The van der Waals surface area contributed by atoms with Crippen LogP contribution in [0.25, 0.3) is 0 Å². The summed E-state index contributed by atoms with van der Waals surface area (Å²) in [5.41, 5.74) is -0.442. The van der Waals surface area contributed by atoms with Crippen molar-refractivity contribution in [1.29, 1.82) is 0 Å². The van der Waals surface area contributed by atoms with Crippen molar-refractivity contribution in [3.05, 3.63) is 35.4 Å². The molecule has 0 bridgehead atoms. The number of carbonyl (C=O) groups is 1. The Bertz CT molecular complexity index is 565. The smallest absolute Gasteiger partial charge is 0.220 e. The van der Waals surface area contributed by atoms with E-state index in [4.69, 9.17) is 0 Å². The van der Waals surface area contributed by atoms with Crippen LogP contribution in [0.5, 0.6) is 0 Å². The molecule has 1 aromatic carbocycles. The van der Waals surface area contributed by atoms with Crippen LogP contribution in [0.3, 0.4) is 0 Å². The first-order chi connectivity index (χ1) is 11.6. The van der Waals surface area contributed by atoms with E-state index in [1.165, 1.54) is 18.2 Å². The third kappa shape index (κ3) is 4.70. The molecule has 25 heavy (non-hydrogen) atoms. The van der Waals surface area contributed by atoms with Gasteiger partial charge in [0, 0.05) is 23.9 Å². The predicted molar refractivity (Wildman–Crippen MR) is 97.0 cm³/mol. The SMILES string of the molecule is Cl.O=C(CCC1CCNC1)NCC1(c2c(F)cccc2F)CCCC1. The summed E-state index contributed by atoms with van der Waals surface area (Å²) >= 11 is 0. The maximum absolute atomic E-state index is 14.3. The summed E-state index contributed by atoms with van der Waals surface area (Å²) in [6.07, 6.45) is 5.81. The summed E-state index contributed by atoms with van der Waals surface area (Å²) in [5.74, 6) is -0.434. The fourth-order valence-corrected chi connectivity index (χ4v) is 4.22. The molecule has 1 saturated carbocycles. The second kappa shape index (κ2) is 8.95. The summed E-state index contributed by atoms with van der Waals surface area (Å²) in [5, 5.41) is 6.25. The normalized spacial score (nSPS) is 21.8. The largest absolute Gasteiger partial charge is 0.355 e. The molecular weight excluding hydrogens is 346 g/mol. The van der Waals surface area contributed by atoms with Gasteiger partial charge in [-0.15, -0.1) is 12.4 Å². The van der Waals surface area contributed by atoms with E-state index in [1.54, 1.807) is 0 Å². The van der Waals surface area contributed by atoms with E-state index in [1.807, 2.05) is 0 Å². The molecule has 1 aromatic rings. The minimum atomic E-state index is -0.597. The van der Waals surface area contributed by atoms with Crippen LogP contribution < -0.4 is 10.6 Å². The highest BCUT2D eigenvalue weighted by Crippen LogP contribution is 2.42. The van der Waals surface area contributed by atoms with Crippen molar-refractivity contribution in [3.8, 4) is 0 Å². The number of carbonyl (C=O) groups excluding carboxylic acids is 1. The fourth-order valence-electron chi connectivity index (χ4n) is 4.22. The Hall–Kier alpha value is -1.20. The molecule has 0 aromatic heterocycles. The molecule has 1 amide bonds. The maximum Gasteiger partial charge on any atom is 0.220 e. The van der Waals surface area contributed by atoms with Crippen molar-refractivity contribution in [3.63, 3.8) is 0 Å². The van der Waals surface area contributed by atoms with Gasteiger partial charge in [0.15, 0.2) is 0 Å². The van der Waals surface area contributed by atoms with Crippen molar-refractivity contribution in [2.75, 3.05) is 19.6 Å². The Balaban J connectivity index is 0.00000225. The number of amides is 1. The molecule has 1 aliphatic carbocycles. The van der Waals surface area contributed by atoms with Crippen molar-refractivity contribution < 1.29 is 13.6 Å². The number of hydrogen-bond donors (Lipinski definition) is 2. The van der Waals surface area contributed by atoms with Crippen LogP contribution >= 0.6 is 12.4 Å². The Morgan fingerprint density at radius 3 is 2.52 bits per heavy atom. The van der Waals surface area contributed by atoms with E-state index >= 15 is 0 Å². The summed E-state index contributed by atoms with van der Waals surface area (Å²) in [6.45, 7) is 2.34. The monoisotopic (exact) mass is 372 g/mol. The Labute approximate surface area is 154 Å². The zero-order chi connectivity index (χ0) is 17.0. The first-order valence-corrected chi connectivity index (χ1v) is 9.03. The molecule has 140 valence electrons. The lowest BCUT2D eigenvalue weighted by Crippen LogP contribution is -2.40. The molecular formula is C19H27ClF2N2O. The predicted octanol–water partition coefficient (Wildman–Crippen LogP) is 3.70. The molecule has 6 heteroatoms. The maximum atomic E-state index is 14.3. The van der Waals surface area contributed by atoms with E-state index in [9.17, 15) is 13.6 Å². The first-order valence-electron chi connectivity index (χ1n) is 9.03. The molecule has 0 radical (unpaired) electrons. The zero-order valence-electron chi connectivity index (χ0n) is 14.5. The van der Waals surface area contributed by atoms with Gasteiger partial charge < -0.3 is 10.6 Å². The van der Waals surface area contributed by atoms with Gasteiger partial charge in [0.25, 0.3) is 0 Å². The van der Waals surface area contributed by atoms with Gasteiger partial charge in [0.2, 0.25) is 5.91 Å². The van der Waals surface area contributed by atoms with Gasteiger partial charge in [-0.25, -0.2) is 8.78 Å². The molecule has 1 heterocycles. The molecule has 3 nitrogen and oxygen atoms in total. The highest BCUT2D eigenvalue weighted by atomic mass is 35.5. The van der Waals surface area contributed by atoms with Crippen LogP contribution in [0, 0.1) is 17.6 Å². The van der Waals surface area contributed by atoms with E-state index in [2.05, 4.69) is 10.6 Å². The lowest BCUT2D eigenvalue weighted by molar-refractivity contribution is -0.121. The summed E-state index contributed by atoms with van der Waals surface area (Å²) in [6, 6.07) is 4.02. The van der Waals surface area contributed by atoms with Crippen LogP contribution in [0.4, 0.5) is 8.78 Å². The van der Waals surface area contributed by atoms with E-state index < -0.39 is 17.0 Å². The van der Waals surface area contributed by atoms with Gasteiger partial charge >= 0.3 is 0 Å². The lowest BCUT2D eigenvalue weighted by Gasteiger charge is -2.30. The number of hydrogen-bond acceptors (Lipinski definition) is 2. The third-order valence-electron chi connectivity index (χ3n) is 5.62. The standard InChI is InChI=1S/C19H26F2N2O.ClH/c20-15-4-3-5-16(21)18(15)19(9-1-2-10-19)13-23-17(24)7-6-14-8-11-22-12-14;/h3-5,14,22H,1-2,6-13H2,(H,23,24);1H. The summed E-state index contributed by atoms with van der Waals surface area (Å²) in [7, 11) is 0. The van der Waals surface area contributed by atoms with Gasteiger partial charge in [-0.2, -0.15) is 0 Å². The fraction of sp³-hybridized carbons (Fsp3) is 0.632. The molecule has 3 rings (SSSR count). The molecule has 1 saturated heterocycles. The molecule has 2 fully saturated rings. The average Bonchev–Trinajstić information content (AvgIpc) is 3.23. The molecule has 1 unspecified atom stereocenters. The van der Waals surface area contributed by atoms with Crippen molar-refractivity contribution in [2.24, 2.45) is 5.92 Å². The van der Waals surface area contributed by atoms with Crippen LogP contribution in [0.2, 0.25) is 0 Å². The van der Waals surface area contributed by atoms with Gasteiger partial charge in [0.05, 0.1) is 0 Å². The second-order valence-electron chi connectivity index (χ2n) is 7.26. The minimum Gasteiger partial charge on any atom is -0.355 e. The Kier molecular flexibility index (Phi) is 7.20. The van der Waals surface area contributed by atoms with Gasteiger partial charge in [0.1, 0.15) is 11.6 Å². The summed E-state index contributed by atoms with van der Waals surface area (Å²) in [4.78, 5) is 12.2. The quantitative estimate of drug-likeness (QED) is 0.799.